The van der Waals surface area contributed by atoms with Crippen LogP contribution in [0.2, 0.25) is 0 Å². The van der Waals surface area contributed by atoms with Gasteiger partial charge in [-0.15, -0.1) is 11.3 Å². The fraction of sp³-hybridized carbons (Fsp3) is 0.222. The maximum Gasteiger partial charge on any atom is 0.193 e. The molecule has 0 aliphatic carbocycles. The van der Waals surface area contributed by atoms with Gasteiger partial charge in [0.05, 0.1) is 5.69 Å². The Kier molecular flexibility index (Phi) is 7.48. The van der Waals surface area contributed by atoms with E-state index in [-0.39, 0.29) is 16.6 Å². The van der Waals surface area contributed by atoms with Crippen molar-refractivity contribution in [3.8, 4) is 10.4 Å². The minimum absolute atomic E-state index is 0.00408. The standard InChI is InChI=1S/C36H36N2OS/c1-35(2,3)28-11-15-30(16-12-28)38(31-17-13-29(14-18-31)36(4,5)6)32-23-33(40-24-32)25-7-9-26(10-8-25)34(39)27-19-21-37-22-20-27/h7-24H,1-6H3. The number of hydrogen-bond acceptors (Lipinski definition) is 4. The lowest BCUT2D eigenvalue weighted by Gasteiger charge is -2.27. The van der Waals surface area contributed by atoms with Crippen LogP contribution in [-0.4, -0.2) is 10.8 Å². The summed E-state index contributed by atoms with van der Waals surface area (Å²) in [4.78, 5) is 20.3. The van der Waals surface area contributed by atoms with Crippen molar-refractivity contribution in [1.29, 1.82) is 0 Å². The molecule has 4 heteroatoms. The molecule has 0 radical (unpaired) electrons. The molecular weight excluding hydrogens is 508 g/mol. The van der Waals surface area contributed by atoms with Gasteiger partial charge in [-0.1, -0.05) is 90.1 Å². The van der Waals surface area contributed by atoms with Gasteiger partial charge in [-0.05, 0) is 70.0 Å². The average molecular weight is 545 g/mol. The molecule has 0 spiro atoms. The molecule has 40 heavy (non-hydrogen) atoms. The summed E-state index contributed by atoms with van der Waals surface area (Å²) in [5, 5.41) is 2.21. The zero-order chi connectivity index (χ0) is 28.5. The molecular formula is C36H36N2OS. The van der Waals surface area contributed by atoms with Crippen molar-refractivity contribution in [2.75, 3.05) is 4.90 Å². The SMILES string of the molecule is CC(C)(C)c1ccc(N(c2ccc(C(C)(C)C)cc2)c2csc(-c3ccc(C(=O)c4ccncc4)cc3)c2)cc1. The van der Waals surface area contributed by atoms with Crippen LogP contribution < -0.4 is 4.90 Å². The summed E-state index contributed by atoms with van der Waals surface area (Å²) in [5.41, 5.74) is 8.59. The lowest BCUT2D eigenvalue weighted by atomic mass is 9.86. The number of thiophene rings is 1. The number of nitrogens with zero attached hydrogens (tertiary/aromatic N) is 2. The molecule has 0 aliphatic heterocycles. The quantitative estimate of drug-likeness (QED) is 0.199. The normalized spacial score (nSPS) is 11.8. The molecule has 0 atom stereocenters. The summed E-state index contributed by atoms with van der Waals surface area (Å²) >= 11 is 1.71. The molecule has 0 saturated carbocycles. The monoisotopic (exact) mass is 544 g/mol. The summed E-state index contributed by atoms with van der Waals surface area (Å²) in [6.45, 7) is 13.5. The number of ketones is 1. The van der Waals surface area contributed by atoms with E-state index in [1.807, 2.05) is 24.3 Å². The van der Waals surface area contributed by atoms with E-state index in [1.54, 1.807) is 35.9 Å². The Balaban J connectivity index is 1.48. The predicted molar refractivity (Wildman–Crippen MR) is 170 cm³/mol. The van der Waals surface area contributed by atoms with Crippen LogP contribution in [0.4, 0.5) is 17.1 Å². The molecule has 2 aromatic heterocycles. The Morgan fingerprint density at radius 1 is 0.625 bits per heavy atom. The first-order valence-corrected chi connectivity index (χ1v) is 14.5. The van der Waals surface area contributed by atoms with E-state index in [0.29, 0.717) is 11.1 Å². The third-order valence-electron chi connectivity index (χ3n) is 7.20. The number of carbonyl (C=O) groups excluding carboxylic acids is 1. The van der Waals surface area contributed by atoms with Crippen LogP contribution in [0, 0.1) is 0 Å². The molecule has 3 nitrogen and oxygen atoms in total. The first-order valence-electron chi connectivity index (χ1n) is 13.7. The topological polar surface area (TPSA) is 33.2 Å². The lowest BCUT2D eigenvalue weighted by Crippen LogP contribution is -2.14. The van der Waals surface area contributed by atoms with Crippen molar-refractivity contribution in [1.82, 2.24) is 4.98 Å². The maximum atomic E-state index is 12.8. The molecule has 0 fully saturated rings. The Bertz CT molecular complexity index is 1530. The summed E-state index contributed by atoms with van der Waals surface area (Å²) in [7, 11) is 0. The number of carbonyl (C=O) groups is 1. The van der Waals surface area contributed by atoms with Gasteiger partial charge in [-0.3, -0.25) is 9.78 Å². The highest BCUT2D eigenvalue weighted by atomic mass is 32.1. The van der Waals surface area contributed by atoms with Gasteiger partial charge in [0.1, 0.15) is 0 Å². The number of benzene rings is 3. The number of aromatic nitrogens is 1. The fourth-order valence-electron chi connectivity index (χ4n) is 4.72. The second-order valence-electron chi connectivity index (χ2n) is 12.2. The minimum Gasteiger partial charge on any atom is -0.310 e. The van der Waals surface area contributed by atoms with E-state index in [9.17, 15) is 4.79 Å². The molecule has 3 aromatic carbocycles. The summed E-state index contributed by atoms with van der Waals surface area (Å²) in [6.07, 6.45) is 3.29. The van der Waals surface area contributed by atoms with Gasteiger partial charge in [0.25, 0.3) is 0 Å². The summed E-state index contributed by atoms with van der Waals surface area (Å²) in [5.74, 6) is 0.00408. The highest BCUT2D eigenvalue weighted by molar-refractivity contribution is 7.14. The number of rotatable bonds is 6. The minimum atomic E-state index is 0.00408. The van der Waals surface area contributed by atoms with Crippen LogP contribution in [0.15, 0.2) is 109 Å². The van der Waals surface area contributed by atoms with Crippen LogP contribution in [0.3, 0.4) is 0 Å². The van der Waals surface area contributed by atoms with Crippen molar-refractivity contribution in [2.24, 2.45) is 0 Å². The molecule has 0 aliphatic rings. The molecule has 2 heterocycles. The molecule has 0 N–H and O–H groups in total. The van der Waals surface area contributed by atoms with Crippen LogP contribution in [0.1, 0.15) is 68.6 Å². The van der Waals surface area contributed by atoms with E-state index in [0.717, 1.165) is 27.5 Å². The van der Waals surface area contributed by atoms with Crippen molar-refractivity contribution < 1.29 is 4.79 Å². The molecule has 0 unspecified atom stereocenters. The first kappa shape index (κ1) is 27.5. The van der Waals surface area contributed by atoms with E-state index < -0.39 is 0 Å². The van der Waals surface area contributed by atoms with Gasteiger partial charge in [0.15, 0.2) is 5.78 Å². The highest BCUT2D eigenvalue weighted by Crippen LogP contribution is 2.41. The second-order valence-corrected chi connectivity index (χ2v) is 13.2. The van der Waals surface area contributed by atoms with Gasteiger partial charge < -0.3 is 4.90 Å². The Hall–Kier alpha value is -4.02. The Morgan fingerprint density at radius 3 is 1.57 bits per heavy atom. The average Bonchev–Trinajstić information content (AvgIpc) is 3.43. The molecule has 0 saturated heterocycles. The molecule has 0 bridgehead atoms. The van der Waals surface area contributed by atoms with Crippen LogP contribution in [0.5, 0.6) is 0 Å². The summed E-state index contributed by atoms with van der Waals surface area (Å²) in [6, 6.07) is 31.4. The Labute approximate surface area is 242 Å². The third kappa shape index (κ3) is 5.93. The number of hydrogen-bond donors (Lipinski definition) is 0. The van der Waals surface area contributed by atoms with Crippen LogP contribution in [0.25, 0.3) is 10.4 Å². The molecule has 202 valence electrons. The first-order chi connectivity index (χ1) is 19.0. The third-order valence-corrected chi connectivity index (χ3v) is 8.17. The molecule has 5 aromatic rings. The fourth-order valence-corrected chi connectivity index (χ4v) is 5.60. The number of anilines is 3. The smallest absolute Gasteiger partial charge is 0.193 e. The van der Waals surface area contributed by atoms with Gasteiger partial charge in [0.2, 0.25) is 0 Å². The van der Waals surface area contributed by atoms with Crippen molar-refractivity contribution in [2.45, 2.75) is 52.4 Å². The van der Waals surface area contributed by atoms with Crippen molar-refractivity contribution in [3.05, 3.63) is 131 Å². The molecule has 5 rings (SSSR count). The van der Waals surface area contributed by atoms with E-state index >= 15 is 0 Å². The maximum absolute atomic E-state index is 12.8. The van der Waals surface area contributed by atoms with Gasteiger partial charge in [-0.2, -0.15) is 0 Å². The number of pyridine rings is 1. The molecule has 0 amide bonds. The van der Waals surface area contributed by atoms with E-state index in [1.165, 1.54) is 11.1 Å². The highest BCUT2D eigenvalue weighted by Gasteiger charge is 2.19. The van der Waals surface area contributed by atoms with Crippen LogP contribution >= 0.6 is 11.3 Å². The van der Waals surface area contributed by atoms with Gasteiger partial charge in [-0.25, -0.2) is 0 Å². The van der Waals surface area contributed by atoms with Crippen molar-refractivity contribution in [3.63, 3.8) is 0 Å². The second kappa shape index (κ2) is 10.9. The van der Waals surface area contributed by atoms with Crippen molar-refractivity contribution >= 4 is 34.2 Å². The van der Waals surface area contributed by atoms with E-state index in [4.69, 9.17) is 0 Å². The van der Waals surface area contributed by atoms with Crippen LogP contribution in [-0.2, 0) is 10.8 Å². The lowest BCUT2D eigenvalue weighted by molar-refractivity contribution is 0.103. The largest absolute Gasteiger partial charge is 0.310 e. The zero-order valence-corrected chi connectivity index (χ0v) is 24.9. The zero-order valence-electron chi connectivity index (χ0n) is 24.1. The predicted octanol–water partition coefficient (Wildman–Crippen LogP) is 10.1. The van der Waals surface area contributed by atoms with Gasteiger partial charge in [0, 0.05) is 45.2 Å². The Morgan fingerprint density at radius 2 is 1.10 bits per heavy atom. The van der Waals surface area contributed by atoms with E-state index in [2.05, 4.69) is 111 Å². The summed E-state index contributed by atoms with van der Waals surface area (Å²) < 4.78 is 0. The van der Waals surface area contributed by atoms with Gasteiger partial charge >= 0.3 is 0 Å².